The zero-order valence-corrected chi connectivity index (χ0v) is 33.2. The molecule has 13 rings (SSSR count). The number of para-hydroxylation sites is 3. The van der Waals surface area contributed by atoms with E-state index in [4.69, 9.17) is 18.2 Å². The lowest BCUT2D eigenvalue weighted by atomic mass is 10.0. The van der Waals surface area contributed by atoms with Gasteiger partial charge in [-0.25, -0.2) is 0 Å². The first-order valence-corrected chi connectivity index (χ1v) is 20.8. The molecule has 0 amide bonds. The molecule has 4 aromatic heterocycles. The Hall–Kier alpha value is -8.41. The highest BCUT2D eigenvalue weighted by molar-refractivity contribution is 6.08. The van der Waals surface area contributed by atoms with E-state index in [1.165, 1.54) is 0 Å². The fraction of sp³-hybridized carbons (Fsp3) is 0. The van der Waals surface area contributed by atoms with Gasteiger partial charge in [0, 0.05) is 67.2 Å². The van der Waals surface area contributed by atoms with Crippen LogP contribution >= 0.6 is 0 Å². The van der Waals surface area contributed by atoms with E-state index >= 15 is 0 Å². The van der Waals surface area contributed by atoms with Crippen LogP contribution in [0, 0.1) is 0 Å². The third-order valence-electron chi connectivity index (χ3n) is 12.3. The van der Waals surface area contributed by atoms with Gasteiger partial charge in [-0.05, 0) is 118 Å². The summed E-state index contributed by atoms with van der Waals surface area (Å²) in [6, 6.07) is 70.4. The SMILES string of the molecule is c1ccc2c(c1)oc1cc(-c3ccc(N(c4ccc(-c5ccc6c(c5)oc5ccccc56)cc4)c4ccc5cc(-c6cc7oc8ccccc8c7cn6)ccc5c4)cc3)ccc12. The molecule has 5 nitrogen and oxygen atoms in total. The highest BCUT2D eigenvalue weighted by Gasteiger charge is 2.17. The van der Waals surface area contributed by atoms with Crippen molar-refractivity contribution >= 4 is 93.7 Å². The standard InChI is InChI=1S/C57H34N2O3/c1-4-10-52-45(7-1)48-27-20-39(31-55(48)60-52)35-15-22-42(23-16-35)59(43-24-17-36(18-25-43)40-21-28-49-46-8-2-5-11-53(46)61-56(49)32-40)44-26-19-37-29-41(14-13-38(37)30-44)51-33-57-50(34-58-51)47-9-3-6-12-54(47)62-57/h1-34H. The highest BCUT2D eigenvalue weighted by Crippen LogP contribution is 2.41. The Morgan fingerprint density at radius 1 is 0.290 bits per heavy atom. The van der Waals surface area contributed by atoms with Gasteiger partial charge in [0.15, 0.2) is 0 Å². The molecule has 0 spiro atoms. The number of furan rings is 3. The average molecular weight is 795 g/mol. The molecule has 0 saturated heterocycles. The molecule has 0 aliphatic carbocycles. The van der Waals surface area contributed by atoms with E-state index in [1.54, 1.807) is 0 Å². The largest absolute Gasteiger partial charge is 0.456 e. The van der Waals surface area contributed by atoms with E-state index in [0.717, 1.165) is 127 Å². The molecule has 5 heteroatoms. The van der Waals surface area contributed by atoms with E-state index in [1.807, 2.05) is 54.7 Å². The molecule has 0 N–H and O–H groups in total. The lowest BCUT2D eigenvalue weighted by Crippen LogP contribution is -2.09. The Morgan fingerprint density at radius 3 is 1.27 bits per heavy atom. The Balaban J connectivity index is 0.875. The lowest BCUT2D eigenvalue weighted by molar-refractivity contribution is 0.668. The van der Waals surface area contributed by atoms with Crippen LogP contribution in [0.1, 0.15) is 0 Å². The summed E-state index contributed by atoms with van der Waals surface area (Å²) in [6.07, 6.45) is 1.92. The Labute approximate surface area is 355 Å². The third-order valence-corrected chi connectivity index (χ3v) is 12.3. The molecule has 0 bridgehead atoms. The zero-order chi connectivity index (χ0) is 40.7. The maximum Gasteiger partial charge on any atom is 0.139 e. The van der Waals surface area contributed by atoms with E-state index in [-0.39, 0.29) is 0 Å². The van der Waals surface area contributed by atoms with Crippen molar-refractivity contribution in [3.63, 3.8) is 0 Å². The fourth-order valence-electron chi connectivity index (χ4n) is 9.17. The van der Waals surface area contributed by atoms with Crippen molar-refractivity contribution < 1.29 is 13.3 Å². The first-order valence-electron chi connectivity index (χ1n) is 20.8. The van der Waals surface area contributed by atoms with Crippen molar-refractivity contribution in [2.24, 2.45) is 0 Å². The minimum absolute atomic E-state index is 0.837. The van der Waals surface area contributed by atoms with Crippen LogP contribution < -0.4 is 4.90 Å². The van der Waals surface area contributed by atoms with Gasteiger partial charge < -0.3 is 18.2 Å². The summed E-state index contributed by atoms with van der Waals surface area (Å²) in [5, 5.41) is 8.88. The van der Waals surface area contributed by atoms with E-state index in [2.05, 4.69) is 157 Å². The van der Waals surface area contributed by atoms with Crippen LogP contribution in [0.15, 0.2) is 220 Å². The van der Waals surface area contributed by atoms with Crippen LogP contribution in [0.2, 0.25) is 0 Å². The zero-order valence-electron chi connectivity index (χ0n) is 33.2. The van der Waals surface area contributed by atoms with Gasteiger partial charge in [0.1, 0.15) is 33.5 Å². The van der Waals surface area contributed by atoms with Gasteiger partial charge >= 0.3 is 0 Å². The van der Waals surface area contributed by atoms with Crippen LogP contribution in [0.4, 0.5) is 17.1 Å². The van der Waals surface area contributed by atoms with Crippen LogP contribution in [0.25, 0.3) is 110 Å². The smallest absolute Gasteiger partial charge is 0.139 e. The molecule has 0 fully saturated rings. The molecule has 290 valence electrons. The Morgan fingerprint density at radius 2 is 0.710 bits per heavy atom. The van der Waals surface area contributed by atoms with E-state index in [9.17, 15) is 0 Å². The number of anilines is 3. The van der Waals surface area contributed by atoms with Gasteiger partial charge in [-0.2, -0.15) is 0 Å². The molecule has 0 radical (unpaired) electrons. The monoisotopic (exact) mass is 794 g/mol. The third kappa shape index (κ3) is 5.60. The highest BCUT2D eigenvalue weighted by atomic mass is 16.3. The maximum absolute atomic E-state index is 6.24. The summed E-state index contributed by atoms with van der Waals surface area (Å²) in [6.45, 7) is 0. The van der Waals surface area contributed by atoms with Gasteiger partial charge in [-0.1, -0.05) is 109 Å². The number of pyridine rings is 1. The quantitative estimate of drug-likeness (QED) is 0.168. The van der Waals surface area contributed by atoms with Crippen LogP contribution in [-0.2, 0) is 0 Å². The number of benzene rings is 9. The molecule has 0 unspecified atom stereocenters. The van der Waals surface area contributed by atoms with Crippen LogP contribution in [-0.4, -0.2) is 4.98 Å². The molecule has 0 saturated carbocycles. The predicted octanol–water partition coefficient (Wildman–Crippen LogP) is 16.4. The first kappa shape index (κ1) is 34.5. The molecule has 9 aromatic carbocycles. The summed E-state index contributed by atoms with van der Waals surface area (Å²) in [5.74, 6) is 0. The Bertz CT molecular complexity index is 3720. The lowest BCUT2D eigenvalue weighted by Gasteiger charge is -2.26. The molecule has 0 aliphatic rings. The predicted molar refractivity (Wildman–Crippen MR) is 255 cm³/mol. The van der Waals surface area contributed by atoms with Crippen molar-refractivity contribution in [1.82, 2.24) is 4.98 Å². The van der Waals surface area contributed by atoms with Crippen molar-refractivity contribution in [2.75, 3.05) is 4.90 Å². The van der Waals surface area contributed by atoms with Crippen LogP contribution in [0.3, 0.4) is 0 Å². The summed E-state index contributed by atoms with van der Waals surface area (Å²) in [7, 11) is 0. The first-order chi connectivity index (χ1) is 30.7. The maximum atomic E-state index is 6.24. The minimum atomic E-state index is 0.837. The van der Waals surface area contributed by atoms with Crippen molar-refractivity contribution in [3.8, 4) is 33.5 Å². The van der Waals surface area contributed by atoms with E-state index in [0.29, 0.717) is 0 Å². The van der Waals surface area contributed by atoms with Gasteiger partial charge in [-0.15, -0.1) is 0 Å². The number of hydrogen-bond donors (Lipinski definition) is 0. The molecule has 62 heavy (non-hydrogen) atoms. The van der Waals surface area contributed by atoms with Crippen molar-refractivity contribution in [1.29, 1.82) is 0 Å². The molecule has 4 heterocycles. The summed E-state index contributed by atoms with van der Waals surface area (Å²) in [5.41, 5.74) is 14.8. The second kappa shape index (κ2) is 13.6. The van der Waals surface area contributed by atoms with Gasteiger partial charge in [0.25, 0.3) is 0 Å². The molecular formula is C57H34N2O3. The van der Waals surface area contributed by atoms with Crippen LogP contribution in [0.5, 0.6) is 0 Å². The summed E-state index contributed by atoms with van der Waals surface area (Å²) in [4.78, 5) is 7.18. The van der Waals surface area contributed by atoms with E-state index < -0.39 is 0 Å². The number of fused-ring (bicyclic) bond motifs is 10. The Kier molecular flexibility index (Phi) is 7.54. The second-order valence-electron chi connectivity index (χ2n) is 16.0. The fourth-order valence-corrected chi connectivity index (χ4v) is 9.17. The summed E-state index contributed by atoms with van der Waals surface area (Å²) >= 11 is 0. The number of rotatable bonds is 6. The van der Waals surface area contributed by atoms with Crippen molar-refractivity contribution in [2.45, 2.75) is 0 Å². The molecule has 0 aliphatic heterocycles. The van der Waals surface area contributed by atoms with Gasteiger partial charge in [0.05, 0.1) is 5.69 Å². The molecule has 0 atom stereocenters. The van der Waals surface area contributed by atoms with Crippen molar-refractivity contribution in [3.05, 3.63) is 206 Å². The molecule has 13 aromatic rings. The summed E-state index contributed by atoms with van der Waals surface area (Å²) < 4.78 is 18.7. The number of hydrogen-bond acceptors (Lipinski definition) is 5. The average Bonchev–Trinajstić information content (AvgIpc) is 4.02. The molecular weight excluding hydrogens is 761 g/mol. The number of nitrogens with zero attached hydrogens (tertiary/aromatic N) is 2. The van der Waals surface area contributed by atoms with Gasteiger partial charge in [-0.3, -0.25) is 4.98 Å². The topological polar surface area (TPSA) is 55.6 Å². The second-order valence-corrected chi connectivity index (χ2v) is 16.0. The normalized spacial score (nSPS) is 11.9. The van der Waals surface area contributed by atoms with Gasteiger partial charge in [0.2, 0.25) is 0 Å². The minimum Gasteiger partial charge on any atom is -0.456 e. The number of aromatic nitrogens is 1.